The van der Waals surface area contributed by atoms with E-state index in [1.165, 1.54) is 17.0 Å². The van der Waals surface area contributed by atoms with E-state index in [1.54, 1.807) is 6.07 Å². The predicted octanol–water partition coefficient (Wildman–Crippen LogP) is 3.48. The number of amides is 1. The molecule has 142 valence electrons. The van der Waals surface area contributed by atoms with Crippen molar-refractivity contribution in [3.63, 3.8) is 0 Å². The first kappa shape index (κ1) is 19.2. The van der Waals surface area contributed by atoms with Gasteiger partial charge in [0.25, 0.3) is 11.6 Å². The molecule has 0 aromatic heterocycles. The average molecular weight is 396 g/mol. The third-order valence-electron chi connectivity index (χ3n) is 4.46. The third-order valence-corrected chi connectivity index (χ3v) is 4.81. The van der Waals surface area contributed by atoms with Crippen LogP contribution in [0.15, 0.2) is 36.4 Å². The summed E-state index contributed by atoms with van der Waals surface area (Å²) in [5.41, 5.74) is 0.208. The summed E-state index contributed by atoms with van der Waals surface area (Å²) in [5.74, 6) is -1.80. The van der Waals surface area contributed by atoms with E-state index in [0.717, 1.165) is 23.8 Å². The van der Waals surface area contributed by atoms with Crippen molar-refractivity contribution in [2.24, 2.45) is 0 Å². The summed E-state index contributed by atoms with van der Waals surface area (Å²) in [6.45, 7) is 2.39. The van der Waals surface area contributed by atoms with Gasteiger partial charge in [-0.1, -0.05) is 17.7 Å². The van der Waals surface area contributed by atoms with Gasteiger partial charge in [0.2, 0.25) is 0 Å². The summed E-state index contributed by atoms with van der Waals surface area (Å²) in [6.07, 6.45) is 0. The number of non-ortho nitro benzene ring substituents is 1. The predicted molar refractivity (Wildman–Crippen MR) is 95.6 cm³/mol. The van der Waals surface area contributed by atoms with E-state index in [0.29, 0.717) is 37.7 Å². The topological polar surface area (TPSA) is 66.7 Å². The molecule has 6 nitrogen and oxygen atoms in total. The molecular formula is C18H16ClF2N3O3. The lowest BCUT2D eigenvalue weighted by Gasteiger charge is -2.35. The van der Waals surface area contributed by atoms with Crippen LogP contribution in [0, 0.1) is 21.7 Å². The highest BCUT2D eigenvalue weighted by atomic mass is 35.5. The second-order valence-electron chi connectivity index (χ2n) is 6.23. The fraction of sp³-hybridized carbons (Fsp3) is 0.278. The van der Waals surface area contributed by atoms with E-state index < -0.39 is 28.2 Å². The minimum atomic E-state index is -0.908. The molecule has 2 aromatic carbocycles. The molecule has 1 aliphatic heterocycles. The number of piperazine rings is 1. The molecule has 0 aliphatic carbocycles. The molecule has 0 unspecified atom stereocenters. The standard InChI is InChI=1S/C18H16ClF2N3O3/c19-16-9-13(20)2-1-12(16)11-22-5-7-23(8-6-22)18(25)15-4-3-14(24(26)27)10-17(15)21/h1-4,9-10H,5-8,11H2. The monoisotopic (exact) mass is 395 g/mol. The summed E-state index contributed by atoms with van der Waals surface area (Å²) in [6, 6.07) is 7.23. The third kappa shape index (κ3) is 4.40. The SMILES string of the molecule is O=C(c1ccc([N+](=O)[O-])cc1F)N1CCN(Cc2ccc(F)cc2Cl)CC1. The molecule has 1 fully saturated rings. The van der Waals surface area contributed by atoms with Crippen LogP contribution in [0.2, 0.25) is 5.02 Å². The van der Waals surface area contributed by atoms with E-state index in [9.17, 15) is 23.7 Å². The highest BCUT2D eigenvalue weighted by Gasteiger charge is 2.25. The van der Waals surface area contributed by atoms with Gasteiger partial charge in [0.1, 0.15) is 11.6 Å². The number of nitro benzene ring substituents is 1. The smallest absolute Gasteiger partial charge is 0.272 e. The molecule has 0 bridgehead atoms. The normalized spacial score (nSPS) is 15.0. The Labute approximate surface area is 159 Å². The maximum atomic E-state index is 14.0. The summed E-state index contributed by atoms with van der Waals surface area (Å²) in [7, 11) is 0. The van der Waals surface area contributed by atoms with Crippen molar-refractivity contribution in [3.05, 3.63) is 74.3 Å². The van der Waals surface area contributed by atoms with Crippen LogP contribution in [0.25, 0.3) is 0 Å². The van der Waals surface area contributed by atoms with E-state index >= 15 is 0 Å². The van der Waals surface area contributed by atoms with Gasteiger partial charge in [-0.2, -0.15) is 0 Å². The van der Waals surface area contributed by atoms with Gasteiger partial charge in [-0.25, -0.2) is 8.78 Å². The summed E-state index contributed by atoms with van der Waals surface area (Å²) < 4.78 is 27.2. The Morgan fingerprint density at radius 3 is 2.41 bits per heavy atom. The van der Waals surface area contributed by atoms with Gasteiger partial charge in [-0.3, -0.25) is 19.8 Å². The number of benzene rings is 2. The molecule has 0 saturated carbocycles. The zero-order valence-corrected chi connectivity index (χ0v) is 15.0. The van der Waals surface area contributed by atoms with Crippen molar-refractivity contribution in [1.29, 1.82) is 0 Å². The van der Waals surface area contributed by atoms with Crippen LogP contribution in [0.3, 0.4) is 0 Å². The van der Waals surface area contributed by atoms with E-state index in [-0.39, 0.29) is 5.56 Å². The van der Waals surface area contributed by atoms with Crippen LogP contribution >= 0.6 is 11.6 Å². The number of hydrogen-bond acceptors (Lipinski definition) is 4. The zero-order chi connectivity index (χ0) is 19.6. The minimum absolute atomic E-state index is 0.185. The van der Waals surface area contributed by atoms with Gasteiger partial charge in [0, 0.05) is 43.8 Å². The molecule has 3 rings (SSSR count). The summed E-state index contributed by atoms with van der Waals surface area (Å²) in [4.78, 5) is 26.0. The number of carbonyl (C=O) groups is 1. The molecule has 2 aromatic rings. The van der Waals surface area contributed by atoms with Crippen molar-refractivity contribution < 1.29 is 18.5 Å². The van der Waals surface area contributed by atoms with Gasteiger partial charge >= 0.3 is 0 Å². The highest BCUT2D eigenvalue weighted by molar-refractivity contribution is 6.31. The van der Waals surface area contributed by atoms with Gasteiger partial charge in [0.15, 0.2) is 0 Å². The Balaban J connectivity index is 1.62. The first-order valence-corrected chi connectivity index (χ1v) is 8.62. The number of halogens is 3. The molecule has 27 heavy (non-hydrogen) atoms. The Bertz CT molecular complexity index is 886. The lowest BCUT2D eigenvalue weighted by Crippen LogP contribution is -2.48. The molecule has 0 spiro atoms. The Morgan fingerprint density at radius 1 is 1.11 bits per heavy atom. The van der Waals surface area contributed by atoms with Gasteiger partial charge in [-0.05, 0) is 23.8 Å². The molecule has 0 atom stereocenters. The number of nitro groups is 1. The maximum absolute atomic E-state index is 14.0. The highest BCUT2D eigenvalue weighted by Crippen LogP contribution is 2.21. The van der Waals surface area contributed by atoms with E-state index in [1.807, 2.05) is 0 Å². The molecule has 1 saturated heterocycles. The quantitative estimate of drug-likeness (QED) is 0.587. The van der Waals surface area contributed by atoms with E-state index in [2.05, 4.69) is 4.90 Å². The minimum Gasteiger partial charge on any atom is -0.336 e. The largest absolute Gasteiger partial charge is 0.336 e. The molecule has 9 heteroatoms. The Morgan fingerprint density at radius 2 is 1.81 bits per heavy atom. The fourth-order valence-electron chi connectivity index (χ4n) is 2.96. The lowest BCUT2D eigenvalue weighted by molar-refractivity contribution is -0.385. The summed E-state index contributed by atoms with van der Waals surface area (Å²) >= 11 is 6.04. The van der Waals surface area contributed by atoms with Crippen LogP contribution < -0.4 is 0 Å². The first-order valence-electron chi connectivity index (χ1n) is 8.24. The molecular weight excluding hydrogens is 380 g/mol. The van der Waals surface area contributed by atoms with Crippen LogP contribution in [-0.4, -0.2) is 46.8 Å². The zero-order valence-electron chi connectivity index (χ0n) is 14.2. The second-order valence-corrected chi connectivity index (χ2v) is 6.63. The van der Waals surface area contributed by atoms with Crippen molar-refractivity contribution >= 4 is 23.2 Å². The number of hydrogen-bond donors (Lipinski definition) is 0. The molecule has 0 N–H and O–H groups in total. The van der Waals surface area contributed by atoms with Gasteiger partial charge < -0.3 is 4.90 Å². The van der Waals surface area contributed by atoms with Crippen molar-refractivity contribution in [1.82, 2.24) is 9.80 Å². The average Bonchev–Trinajstić information content (AvgIpc) is 2.64. The van der Waals surface area contributed by atoms with Crippen LogP contribution in [0.1, 0.15) is 15.9 Å². The lowest BCUT2D eigenvalue weighted by atomic mass is 10.1. The molecule has 1 heterocycles. The van der Waals surface area contributed by atoms with Crippen LogP contribution in [0.5, 0.6) is 0 Å². The van der Waals surface area contributed by atoms with Gasteiger partial charge in [-0.15, -0.1) is 0 Å². The molecule has 1 amide bonds. The summed E-state index contributed by atoms with van der Waals surface area (Å²) in [5, 5.41) is 11.0. The van der Waals surface area contributed by atoms with Crippen molar-refractivity contribution in [2.75, 3.05) is 26.2 Å². The number of carbonyl (C=O) groups excluding carboxylic acids is 1. The van der Waals surface area contributed by atoms with Gasteiger partial charge in [0.05, 0.1) is 16.6 Å². The Kier molecular flexibility index (Phi) is 5.67. The second kappa shape index (κ2) is 7.98. The number of rotatable bonds is 4. The van der Waals surface area contributed by atoms with Crippen molar-refractivity contribution in [2.45, 2.75) is 6.54 Å². The van der Waals surface area contributed by atoms with Crippen molar-refractivity contribution in [3.8, 4) is 0 Å². The van der Waals surface area contributed by atoms with Crippen LogP contribution in [0.4, 0.5) is 14.5 Å². The molecule has 0 radical (unpaired) electrons. The number of nitrogens with zero attached hydrogens (tertiary/aromatic N) is 3. The van der Waals surface area contributed by atoms with E-state index in [4.69, 9.17) is 11.6 Å². The Hall–Kier alpha value is -2.58. The van der Waals surface area contributed by atoms with Crippen LogP contribution in [-0.2, 0) is 6.54 Å². The first-order chi connectivity index (χ1) is 12.8. The maximum Gasteiger partial charge on any atom is 0.272 e. The fourth-order valence-corrected chi connectivity index (χ4v) is 3.19. The molecule has 1 aliphatic rings.